The molecule has 1 saturated heterocycles. The first-order valence-corrected chi connectivity index (χ1v) is 7.47. The van der Waals surface area contributed by atoms with Crippen molar-refractivity contribution in [3.63, 3.8) is 0 Å². The van der Waals surface area contributed by atoms with Gasteiger partial charge in [-0.2, -0.15) is 0 Å². The van der Waals surface area contributed by atoms with Crippen LogP contribution in [0.5, 0.6) is 5.75 Å². The monoisotopic (exact) mass is 340 g/mol. The zero-order valence-corrected chi connectivity index (χ0v) is 13.0. The number of ketones is 1. The van der Waals surface area contributed by atoms with Crippen molar-refractivity contribution >= 4 is 11.8 Å². The zero-order chi connectivity index (χ0) is 17.9. The molecule has 1 aliphatic heterocycles. The standard InChI is InChI=1S/C16H20O8/c1-8(17)2-3-9-4-6-10(7-5-9)23-16-13(20)11(18)12(19)14(24-16)15(21)22/h4-7,11-14,16,18-20H,2-3H2,1H3,(H,21,22)/t11-,12-,13+,14-,16+/m0/s1. The van der Waals surface area contributed by atoms with Gasteiger partial charge in [0.2, 0.25) is 6.29 Å². The number of rotatable bonds is 6. The number of carbonyl (C=O) groups is 2. The van der Waals surface area contributed by atoms with E-state index in [0.717, 1.165) is 5.56 Å². The Bertz CT molecular complexity index is 584. The van der Waals surface area contributed by atoms with Crippen molar-refractivity contribution in [2.75, 3.05) is 0 Å². The predicted octanol–water partition coefficient (Wildman–Crippen LogP) is -0.521. The number of hydrogen-bond acceptors (Lipinski definition) is 7. The van der Waals surface area contributed by atoms with Crippen LogP contribution in [-0.2, 0) is 20.7 Å². The minimum Gasteiger partial charge on any atom is -0.479 e. The summed E-state index contributed by atoms with van der Waals surface area (Å²) in [6, 6.07) is 6.62. The fourth-order valence-electron chi connectivity index (χ4n) is 2.34. The van der Waals surface area contributed by atoms with E-state index in [-0.39, 0.29) is 5.78 Å². The Labute approximate surface area is 138 Å². The number of aliphatic hydroxyl groups is 3. The van der Waals surface area contributed by atoms with Crippen LogP contribution in [0.2, 0.25) is 0 Å². The Balaban J connectivity index is 2.03. The molecule has 0 saturated carbocycles. The summed E-state index contributed by atoms with van der Waals surface area (Å²) in [4.78, 5) is 22.0. The van der Waals surface area contributed by atoms with Crippen LogP contribution >= 0.6 is 0 Å². The Hall–Kier alpha value is -2.00. The summed E-state index contributed by atoms with van der Waals surface area (Å²) in [5.74, 6) is -1.10. The number of ether oxygens (including phenoxy) is 2. The molecule has 0 spiro atoms. The van der Waals surface area contributed by atoms with Crippen LogP contribution in [0.15, 0.2) is 24.3 Å². The van der Waals surface area contributed by atoms with Gasteiger partial charge in [-0.05, 0) is 31.0 Å². The molecule has 5 atom stereocenters. The second-order valence-corrected chi connectivity index (χ2v) is 5.70. The van der Waals surface area contributed by atoms with Gasteiger partial charge in [0.1, 0.15) is 29.8 Å². The number of Topliss-reactive ketones (excluding diaryl/α,β-unsaturated/α-hetero) is 1. The summed E-state index contributed by atoms with van der Waals surface area (Å²) >= 11 is 0. The Morgan fingerprint density at radius 2 is 1.71 bits per heavy atom. The lowest BCUT2D eigenvalue weighted by atomic mass is 9.99. The van der Waals surface area contributed by atoms with Crippen LogP contribution < -0.4 is 4.74 Å². The molecule has 1 aliphatic rings. The van der Waals surface area contributed by atoms with E-state index in [1.807, 2.05) is 0 Å². The number of hydrogen-bond donors (Lipinski definition) is 4. The van der Waals surface area contributed by atoms with Crippen LogP contribution in [0.1, 0.15) is 18.9 Å². The summed E-state index contributed by atoms with van der Waals surface area (Å²) in [6.07, 6.45) is -7.20. The SMILES string of the molecule is CC(=O)CCc1ccc(O[C@@H]2O[C@H](C(=O)O)[C@@H](O)[C@H](O)[C@H]2O)cc1. The number of aliphatic carboxylic acids is 1. The van der Waals surface area contributed by atoms with E-state index < -0.39 is 36.7 Å². The molecule has 0 radical (unpaired) electrons. The van der Waals surface area contributed by atoms with Crippen LogP contribution in [0.3, 0.4) is 0 Å². The molecule has 0 unspecified atom stereocenters. The van der Waals surface area contributed by atoms with Crippen molar-refractivity contribution in [1.82, 2.24) is 0 Å². The fraction of sp³-hybridized carbons (Fsp3) is 0.500. The molecule has 1 heterocycles. The molecule has 132 valence electrons. The molecule has 24 heavy (non-hydrogen) atoms. The number of aliphatic hydroxyl groups excluding tert-OH is 3. The van der Waals surface area contributed by atoms with Gasteiger partial charge >= 0.3 is 5.97 Å². The summed E-state index contributed by atoms with van der Waals surface area (Å²) in [5.41, 5.74) is 0.918. The predicted molar refractivity (Wildman–Crippen MR) is 80.4 cm³/mol. The zero-order valence-electron chi connectivity index (χ0n) is 13.0. The highest BCUT2D eigenvalue weighted by Gasteiger charge is 2.48. The average molecular weight is 340 g/mol. The van der Waals surface area contributed by atoms with E-state index in [1.54, 1.807) is 24.3 Å². The first-order valence-electron chi connectivity index (χ1n) is 7.47. The maximum absolute atomic E-state index is 11.0. The average Bonchev–Trinajstić information content (AvgIpc) is 2.54. The molecule has 1 fully saturated rings. The van der Waals surface area contributed by atoms with Gasteiger partial charge in [-0.1, -0.05) is 12.1 Å². The Kier molecular flexibility index (Phi) is 5.89. The maximum atomic E-state index is 11.0. The molecule has 0 aliphatic carbocycles. The highest BCUT2D eigenvalue weighted by molar-refractivity contribution is 5.75. The molecule has 8 nitrogen and oxygen atoms in total. The van der Waals surface area contributed by atoms with E-state index in [9.17, 15) is 24.9 Å². The normalized spacial score (nSPS) is 29.9. The molecular formula is C16H20O8. The van der Waals surface area contributed by atoms with Gasteiger partial charge in [-0.25, -0.2) is 4.79 Å². The molecule has 1 aromatic rings. The van der Waals surface area contributed by atoms with Gasteiger partial charge < -0.3 is 34.7 Å². The van der Waals surface area contributed by atoms with E-state index in [4.69, 9.17) is 14.6 Å². The minimum atomic E-state index is -1.76. The fourth-order valence-corrected chi connectivity index (χ4v) is 2.34. The molecular weight excluding hydrogens is 320 g/mol. The highest BCUT2D eigenvalue weighted by atomic mass is 16.7. The lowest BCUT2D eigenvalue weighted by molar-refractivity contribution is -0.271. The highest BCUT2D eigenvalue weighted by Crippen LogP contribution is 2.25. The number of carboxylic acid groups (broad SMARTS) is 1. The molecule has 0 amide bonds. The van der Waals surface area contributed by atoms with Crippen molar-refractivity contribution in [3.05, 3.63) is 29.8 Å². The molecule has 8 heteroatoms. The Morgan fingerprint density at radius 3 is 2.25 bits per heavy atom. The third-order valence-corrected chi connectivity index (χ3v) is 3.75. The summed E-state index contributed by atoms with van der Waals surface area (Å²) in [6.45, 7) is 1.51. The van der Waals surface area contributed by atoms with Gasteiger partial charge in [0.15, 0.2) is 6.10 Å². The van der Waals surface area contributed by atoms with Gasteiger partial charge in [0, 0.05) is 6.42 Å². The summed E-state index contributed by atoms with van der Waals surface area (Å²) in [5, 5.41) is 38.2. The number of carboxylic acids is 1. The van der Waals surface area contributed by atoms with Gasteiger partial charge in [-0.15, -0.1) is 0 Å². The van der Waals surface area contributed by atoms with Crippen LogP contribution in [0.4, 0.5) is 0 Å². The van der Waals surface area contributed by atoms with Crippen molar-refractivity contribution in [3.8, 4) is 5.75 Å². The van der Waals surface area contributed by atoms with E-state index in [1.165, 1.54) is 6.92 Å². The van der Waals surface area contributed by atoms with Crippen LogP contribution in [0, 0.1) is 0 Å². The molecule has 1 aromatic carbocycles. The van der Waals surface area contributed by atoms with Crippen LogP contribution in [0.25, 0.3) is 0 Å². The van der Waals surface area contributed by atoms with E-state index in [2.05, 4.69) is 0 Å². The first kappa shape index (κ1) is 18.3. The van der Waals surface area contributed by atoms with Crippen molar-refractivity contribution in [2.24, 2.45) is 0 Å². The third-order valence-electron chi connectivity index (χ3n) is 3.75. The second-order valence-electron chi connectivity index (χ2n) is 5.70. The summed E-state index contributed by atoms with van der Waals surface area (Å²) in [7, 11) is 0. The molecule has 0 aromatic heterocycles. The third kappa shape index (κ3) is 4.30. The van der Waals surface area contributed by atoms with E-state index in [0.29, 0.717) is 18.6 Å². The lowest BCUT2D eigenvalue weighted by Gasteiger charge is -2.38. The molecule has 2 rings (SSSR count). The molecule has 0 bridgehead atoms. The number of carbonyl (C=O) groups excluding carboxylic acids is 1. The largest absolute Gasteiger partial charge is 0.479 e. The number of aryl methyl sites for hydroxylation is 1. The van der Waals surface area contributed by atoms with Gasteiger partial charge in [0.25, 0.3) is 0 Å². The van der Waals surface area contributed by atoms with Crippen LogP contribution in [-0.4, -0.2) is 62.9 Å². The van der Waals surface area contributed by atoms with Crippen molar-refractivity contribution in [1.29, 1.82) is 0 Å². The second kappa shape index (κ2) is 7.71. The smallest absolute Gasteiger partial charge is 0.335 e. The first-order chi connectivity index (χ1) is 11.3. The van der Waals surface area contributed by atoms with Crippen molar-refractivity contribution < 1.29 is 39.5 Å². The number of benzene rings is 1. The summed E-state index contributed by atoms with van der Waals surface area (Å²) < 4.78 is 10.4. The van der Waals surface area contributed by atoms with E-state index >= 15 is 0 Å². The van der Waals surface area contributed by atoms with Crippen molar-refractivity contribution in [2.45, 2.75) is 50.5 Å². The quantitative estimate of drug-likeness (QED) is 0.543. The molecule has 4 N–H and O–H groups in total. The maximum Gasteiger partial charge on any atom is 0.335 e. The lowest BCUT2D eigenvalue weighted by Crippen LogP contribution is -2.61. The van der Waals surface area contributed by atoms with Gasteiger partial charge in [0.05, 0.1) is 0 Å². The minimum absolute atomic E-state index is 0.0845. The topological polar surface area (TPSA) is 134 Å². The Morgan fingerprint density at radius 1 is 1.08 bits per heavy atom. The van der Waals surface area contributed by atoms with Gasteiger partial charge in [-0.3, -0.25) is 0 Å².